The van der Waals surface area contributed by atoms with E-state index in [1.165, 1.54) is 11.0 Å². The van der Waals surface area contributed by atoms with Crippen LogP contribution in [0.4, 0.5) is 8.78 Å². The van der Waals surface area contributed by atoms with Gasteiger partial charge in [-0.05, 0) is 37.0 Å². The number of carbonyl (C=O) groups is 1. The van der Waals surface area contributed by atoms with Crippen LogP contribution in [-0.2, 0) is 11.2 Å². The van der Waals surface area contributed by atoms with E-state index in [-0.39, 0.29) is 12.3 Å². The third-order valence-electron chi connectivity index (χ3n) is 4.10. The Morgan fingerprint density at radius 1 is 1.29 bits per heavy atom. The molecule has 0 spiro atoms. The summed E-state index contributed by atoms with van der Waals surface area (Å²) in [5.41, 5.74) is -0.165. The van der Waals surface area contributed by atoms with Crippen molar-refractivity contribution >= 4 is 5.91 Å². The summed E-state index contributed by atoms with van der Waals surface area (Å²) in [6.07, 6.45) is 4.03. The van der Waals surface area contributed by atoms with E-state index in [1.54, 1.807) is 7.05 Å². The van der Waals surface area contributed by atoms with Crippen LogP contribution in [-0.4, -0.2) is 35.1 Å². The van der Waals surface area contributed by atoms with Gasteiger partial charge in [-0.15, -0.1) is 0 Å². The second-order valence-corrected chi connectivity index (χ2v) is 5.93. The number of halogens is 2. The number of amides is 1. The van der Waals surface area contributed by atoms with Crippen LogP contribution in [0.25, 0.3) is 0 Å². The van der Waals surface area contributed by atoms with E-state index in [2.05, 4.69) is 0 Å². The molecule has 1 amide bonds. The van der Waals surface area contributed by atoms with Gasteiger partial charge in [-0.25, -0.2) is 8.78 Å². The van der Waals surface area contributed by atoms with Crippen LogP contribution in [0.3, 0.4) is 0 Å². The zero-order valence-electron chi connectivity index (χ0n) is 12.2. The number of aryl methyl sites for hydroxylation is 1. The summed E-state index contributed by atoms with van der Waals surface area (Å²) in [7, 11) is 1.67. The molecule has 1 aromatic carbocycles. The van der Waals surface area contributed by atoms with Crippen molar-refractivity contribution in [2.24, 2.45) is 0 Å². The van der Waals surface area contributed by atoms with Crippen molar-refractivity contribution in [3.8, 4) is 0 Å². The molecule has 0 aromatic heterocycles. The lowest BCUT2D eigenvalue weighted by Gasteiger charge is -2.28. The van der Waals surface area contributed by atoms with Gasteiger partial charge in [0.1, 0.15) is 0 Å². The molecule has 0 saturated heterocycles. The molecular weight excluding hydrogens is 276 g/mol. The molecule has 5 heteroatoms. The summed E-state index contributed by atoms with van der Waals surface area (Å²) in [6.45, 7) is 0.337. The molecule has 3 nitrogen and oxygen atoms in total. The van der Waals surface area contributed by atoms with Crippen LogP contribution in [0.15, 0.2) is 18.2 Å². The Bertz CT molecular complexity index is 513. The molecule has 2 rings (SSSR count). The molecule has 0 bridgehead atoms. The maximum Gasteiger partial charge on any atom is 0.222 e. The van der Waals surface area contributed by atoms with Gasteiger partial charge in [0.2, 0.25) is 5.91 Å². The highest BCUT2D eigenvalue weighted by Crippen LogP contribution is 2.30. The zero-order valence-corrected chi connectivity index (χ0v) is 12.2. The molecule has 1 aliphatic carbocycles. The average Bonchev–Trinajstić information content (AvgIpc) is 2.86. The average molecular weight is 297 g/mol. The smallest absolute Gasteiger partial charge is 0.222 e. The summed E-state index contributed by atoms with van der Waals surface area (Å²) in [5, 5.41) is 10.3. The van der Waals surface area contributed by atoms with Crippen molar-refractivity contribution in [1.82, 2.24) is 4.90 Å². The SMILES string of the molecule is CN(CC1(O)CCCC1)C(=O)CCc1ccc(F)c(F)c1. The molecule has 1 saturated carbocycles. The molecule has 21 heavy (non-hydrogen) atoms. The topological polar surface area (TPSA) is 40.5 Å². The third-order valence-corrected chi connectivity index (χ3v) is 4.10. The molecule has 0 unspecified atom stereocenters. The summed E-state index contributed by atoms with van der Waals surface area (Å²) in [4.78, 5) is 13.6. The second kappa shape index (κ2) is 6.52. The van der Waals surface area contributed by atoms with E-state index < -0.39 is 17.2 Å². The Labute approximate surface area is 123 Å². The van der Waals surface area contributed by atoms with Gasteiger partial charge < -0.3 is 10.0 Å². The number of nitrogens with zero attached hydrogens (tertiary/aromatic N) is 1. The predicted octanol–water partition coefficient (Wildman–Crippen LogP) is 2.66. The molecule has 1 aliphatic rings. The monoisotopic (exact) mass is 297 g/mol. The van der Waals surface area contributed by atoms with Gasteiger partial charge in [-0.3, -0.25) is 4.79 Å². The van der Waals surface area contributed by atoms with E-state index in [9.17, 15) is 18.7 Å². The highest BCUT2D eigenvalue weighted by molar-refractivity contribution is 5.76. The number of rotatable bonds is 5. The number of likely N-dealkylation sites (N-methyl/N-ethyl adjacent to an activating group) is 1. The zero-order chi connectivity index (χ0) is 15.5. The minimum absolute atomic E-state index is 0.0972. The fourth-order valence-electron chi connectivity index (χ4n) is 2.86. The summed E-state index contributed by atoms with van der Waals surface area (Å²) in [6, 6.07) is 3.67. The van der Waals surface area contributed by atoms with E-state index in [4.69, 9.17) is 0 Å². The Morgan fingerprint density at radius 2 is 1.95 bits per heavy atom. The molecule has 0 radical (unpaired) electrons. The van der Waals surface area contributed by atoms with Crippen LogP contribution in [0, 0.1) is 11.6 Å². The number of benzene rings is 1. The minimum Gasteiger partial charge on any atom is -0.388 e. The second-order valence-electron chi connectivity index (χ2n) is 5.93. The first-order valence-electron chi connectivity index (χ1n) is 7.30. The Morgan fingerprint density at radius 3 is 2.57 bits per heavy atom. The molecule has 1 fully saturated rings. The van der Waals surface area contributed by atoms with Gasteiger partial charge >= 0.3 is 0 Å². The number of carbonyl (C=O) groups excluding carboxylic acids is 1. The molecule has 1 aromatic rings. The number of hydrogen-bond acceptors (Lipinski definition) is 2. The van der Waals surface area contributed by atoms with Crippen molar-refractivity contribution < 1.29 is 18.7 Å². The summed E-state index contributed by atoms with van der Waals surface area (Å²) in [5.74, 6) is -1.88. The van der Waals surface area contributed by atoms with Gasteiger partial charge in [0.05, 0.1) is 5.60 Å². The molecule has 0 heterocycles. The fraction of sp³-hybridized carbons (Fsp3) is 0.562. The largest absolute Gasteiger partial charge is 0.388 e. The first-order chi connectivity index (χ1) is 9.89. The first-order valence-corrected chi connectivity index (χ1v) is 7.30. The lowest BCUT2D eigenvalue weighted by Crippen LogP contribution is -2.42. The maximum atomic E-state index is 13.1. The van der Waals surface area contributed by atoms with Gasteiger partial charge in [0.25, 0.3) is 0 Å². The predicted molar refractivity (Wildman–Crippen MR) is 75.7 cm³/mol. The van der Waals surface area contributed by atoms with E-state index in [0.717, 1.165) is 37.8 Å². The lowest BCUT2D eigenvalue weighted by molar-refractivity contribution is -0.133. The normalized spacial score (nSPS) is 17.0. The molecule has 116 valence electrons. The van der Waals surface area contributed by atoms with Gasteiger partial charge in [0, 0.05) is 20.0 Å². The Hall–Kier alpha value is -1.49. The van der Waals surface area contributed by atoms with Gasteiger partial charge in [-0.2, -0.15) is 0 Å². The van der Waals surface area contributed by atoms with Crippen LogP contribution in [0.1, 0.15) is 37.7 Å². The van der Waals surface area contributed by atoms with E-state index in [0.29, 0.717) is 18.5 Å². The van der Waals surface area contributed by atoms with Crippen LogP contribution in [0.2, 0.25) is 0 Å². The number of aliphatic hydroxyl groups is 1. The number of hydrogen-bond donors (Lipinski definition) is 1. The highest BCUT2D eigenvalue weighted by atomic mass is 19.2. The molecule has 0 atom stereocenters. The van der Waals surface area contributed by atoms with Crippen molar-refractivity contribution in [3.63, 3.8) is 0 Å². The first kappa shape index (κ1) is 15.9. The Balaban J connectivity index is 1.84. The summed E-state index contributed by atoms with van der Waals surface area (Å²) < 4.78 is 25.9. The van der Waals surface area contributed by atoms with Crippen LogP contribution >= 0.6 is 0 Å². The third kappa shape index (κ3) is 4.24. The van der Waals surface area contributed by atoms with Crippen LogP contribution < -0.4 is 0 Å². The Kier molecular flexibility index (Phi) is 4.93. The van der Waals surface area contributed by atoms with Crippen molar-refractivity contribution in [2.45, 2.75) is 44.1 Å². The van der Waals surface area contributed by atoms with Crippen molar-refractivity contribution in [2.75, 3.05) is 13.6 Å². The van der Waals surface area contributed by atoms with Crippen molar-refractivity contribution in [1.29, 1.82) is 0 Å². The molecule has 0 aliphatic heterocycles. The molecular formula is C16H21F2NO2. The fourth-order valence-corrected chi connectivity index (χ4v) is 2.86. The van der Waals surface area contributed by atoms with Crippen LogP contribution in [0.5, 0.6) is 0 Å². The quantitative estimate of drug-likeness (QED) is 0.907. The maximum absolute atomic E-state index is 13.1. The lowest BCUT2D eigenvalue weighted by atomic mass is 10.0. The van der Waals surface area contributed by atoms with E-state index >= 15 is 0 Å². The van der Waals surface area contributed by atoms with E-state index in [1.807, 2.05) is 0 Å². The van der Waals surface area contributed by atoms with Gasteiger partial charge in [-0.1, -0.05) is 18.9 Å². The molecule has 1 N–H and O–H groups in total. The summed E-state index contributed by atoms with van der Waals surface area (Å²) >= 11 is 0. The highest BCUT2D eigenvalue weighted by Gasteiger charge is 2.33. The van der Waals surface area contributed by atoms with Gasteiger partial charge in [0.15, 0.2) is 11.6 Å². The minimum atomic E-state index is -0.895. The van der Waals surface area contributed by atoms with Crippen molar-refractivity contribution in [3.05, 3.63) is 35.4 Å². The standard InChI is InChI=1S/C16H21F2NO2/c1-19(11-16(21)8-2-3-9-16)15(20)7-5-12-4-6-13(17)14(18)10-12/h4,6,10,21H,2-3,5,7-9,11H2,1H3.